The molecule has 0 aliphatic carbocycles. The molecular formula is C57H32N4OS2. The zero-order valence-electron chi connectivity index (χ0n) is 34.0. The SMILES string of the molecule is c1ccc(-c2nc(-c3ccc4sc5ccccc5c4c3)nc(-c3cccc4sc5ccc(-c6ccc7c(c6)oc6ccc(-n8c9ccccc9c9ccccc98)cc67)cc5c34)n2)cc1. The lowest BCUT2D eigenvalue weighted by atomic mass is 9.99. The summed E-state index contributed by atoms with van der Waals surface area (Å²) >= 11 is 3.61. The summed E-state index contributed by atoms with van der Waals surface area (Å²) in [6.07, 6.45) is 0. The zero-order chi connectivity index (χ0) is 41.9. The second-order valence-corrected chi connectivity index (χ2v) is 18.5. The fourth-order valence-corrected chi connectivity index (χ4v) is 11.9. The average molecular weight is 853 g/mol. The highest BCUT2D eigenvalue weighted by Gasteiger charge is 2.20. The molecule has 14 rings (SSSR count). The van der Waals surface area contributed by atoms with E-state index >= 15 is 0 Å². The Morgan fingerprint density at radius 1 is 0.344 bits per heavy atom. The van der Waals surface area contributed by atoms with Crippen LogP contribution in [0.25, 0.3) is 135 Å². The second-order valence-electron chi connectivity index (χ2n) is 16.3. The van der Waals surface area contributed by atoms with E-state index in [2.05, 4.69) is 180 Å². The molecule has 0 N–H and O–H groups in total. The van der Waals surface area contributed by atoms with Crippen LogP contribution >= 0.6 is 22.7 Å². The lowest BCUT2D eigenvalue weighted by molar-refractivity contribution is 0.669. The Hall–Kier alpha value is -7.97. The fourth-order valence-electron chi connectivity index (χ4n) is 9.68. The second kappa shape index (κ2) is 13.8. The van der Waals surface area contributed by atoms with Gasteiger partial charge in [-0.25, -0.2) is 15.0 Å². The lowest BCUT2D eigenvalue weighted by Gasteiger charge is -2.10. The van der Waals surface area contributed by atoms with Crippen molar-refractivity contribution in [1.82, 2.24) is 19.5 Å². The van der Waals surface area contributed by atoms with Crippen molar-refractivity contribution < 1.29 is 4.42 Å². The van der Waals surface area contributed by atoms with E-state index in [-0.39, 0.29) is 0 Å². The van der Waals surface area contributed by atoms with Crippen LogP contribution in [0.15, 0.2) is 199 Å². The molecule has 9 aromatic carbocycles. The van der Waals surface area contributed by atoms with Crippen LogP contribution in [0, 0.1) is 0 Å². The van der Waals surface area contributed by atoms with Crippen LogP contribution in [-0.4, -0.2) is 19.5 Å². The molecule has 5 heterocycles. The molecule has 0 bridgehead atoms. The van der Waals surface area contributed by atoms with Gasteiger partial charge < -0.3 is 8.98 Å². The van der Waals surface area contributed by atoms with Gasteiger partial charge in [-0.05, 0) is 96.1 Å². The highest BCUT2D eigenvalue weighted by atomic mass is 32.1. The molecule has 7 heteroatoms. The van der Waals surface area contributed by atoms with Crippen LogP contribution in [0.4, 0.5) is 0 Å². The summed E-state index contributed by atoms with van der Waals surface area (Å²) in [5, 5.41) is 9.46. The zero-order valence-corrected chi connectivity index (χ0v) is 35.6. The first-order valence-electron chi connectivity index (χ1n) is 21.3. The Kier molecular flexibility index (Phi) is 7.66. The first-order chi connectivity index (χ1) is 31.7. The van der Waals surface area contributed by atoms with Crippen molar-refractivity contribution >= 4 is 107 Å². The topological polar surface area (TPSA) is 56.7 Å². The van der Waals surface area contributed by atoms with Gasteiger partial charge in [0.15, 0.2) is 17.5 Å². The summed E-state index contributed by atoms with van der Waals surface area (Å²) in [6.45, 7) is 0. The molecule has 298 valence electrons. The van der Waals surface area contributed by atoms with Gasteiger partial charge in [-0.2, -0.15) is 0 Å². The van der Waals surface area contributed by atoms with Crippen molar-refractivity contribution in [3.8, 4) is 51.0 Å². The molecule has 0 saturated carbocycles. The van der Waals surface area contributed by atoms with Crippen molar-refractivity contribution in [3.05, 3.63) is 194 Å². The molecule has 5 aromatic heterocycles. The molecule has 0 saturated heterocycles. The normalized spacial score (nSPS) is 12.1. The van der Waals surface area contributed by atoms with Gasteiger partial charge >= 0.3 is 0 Å². The number of rotatable bonds is 5. The van der Waals surface area contributed by atoms with E-state index in [0.29, 0.717) is 17.5 Å². The predicted octanol–water partition coefficient (Wildman–Crippen LogP) is 16.3. The first kappa shape index (κ1) is 35.6. The Morgan fingerprint density at radius 3 is 1.78 bits per heavy atom. The van der Waals surface area contributed by atoms with Gasteiger partial charge in [-0.3, -0.25) is 0 Å². The molecule has 0 amide bonds. The quantitative estimate of drug-likeness (QED) is 0.173. The predicted molar refractivity (Wildman–Crippen MR) is 269 cm³/mol. The molecule has 0 fully saturated rings. The number of hydrogen-bond acceptors (Lipinski definition) is 6. The van der Waals surface area contributed by atoms with Crippen LogP contribution in [-0.2, 0) is 0 Å². The van der Waals surface area contributed by atoms with E-state index in [1.54, 1.807) is 11.3 Å². The third kappa shape index (κ3) is 5.45. The average Bonchev–Trinajstić information content (AvgIpc) is 4.12. The third-order valence-corrected chi connectivity index (χ3v) is 15.0. The Balaban J connectivity index is 0.897. The summed E-state index contributed by atoms with van der Waals surface area (Å²) < 4.78 is 13.9. The Morgan fingerprint density at radius 2 is 0.953 bits per heavy atom. The fraction of sp³-hybridized carbons (Fsp3) is 0. The minimum Gasteiger partial charge on any atom is -0.456 e. The van der Waals surface area contributed by atoms with Gasteiger partial charge in [0.2, 0.25) is 0 Å². The molecule has 0 aliphatic rings. The van der Waals surface area contributed by atoms with Crippen molar-refractivity contribution in [1.29, 1.82) is 0 Å². The number of hydrogen-bond donors (Lipinski definition) is 0. The van der Waals surface area contributed by atoms with Gasteiger partial charge in [0, 0.05) is 84.3 Å². The number of thiophene rings is 2. The van der Waals surface area contributed by atoms with Gasteiger partial charge in [0.05, 0.1) is 11.0 Å². The van der Waals surface area contributed by atoms with E-state index in [1.807, 2.05) is 29.5 Å². The summed E-state index contributed by atoms with van der Waals surface area (Å²) in [5.41, 5.74) is 10.3. The highest BCUT2D eigenvalue weighted by molar-refractivity contribution is 7.26. The smallest absolute Gasteiger partial charge is 0.164 e. The molecule has 0 radical (unpaired) electrons. The lowest BCUT2D eigenvalue weighted by Crippen LogP contribution is -2.00. The number of benzene rings is 9. The number of fused-ring (bicyclic) bond motifs is 12. The number of para-hydroxylation sites is 2. The molecule has 0 unspecified atom stereocenters. The largest absolute Gasteiger partial charge is 0.456 e. The summed E-state index contributed by atoms with van der Waals surface area (Å²) in [4.78, 5) is 15.6. The first-order valence-corrected chi connectivity index (χ1v) is 23.0. The summed E-state index contributed by atoms with van der Waals surface area (Å²) in [5.74, 6) is 1.95. The number of furan rings is 1. The minimum absolute atomic E-state index is 0.648. The highest BCUT2D eigenvalue weighted by Crippen LogP contribution is 2.43. The van der Waals surface area contributed by atoms with Crippen LogP contribution in [0.5, 0.6) is 0 Å². The number of nitrogens with zero attached hydrogens (tertiary/aromatic N) is 4. The van der Waals surface area contributed by atoms with Crippen LogP contribution in [0.2, 0.25) is 0 Å². The molecule has 64 heavy (non-hydrogen) atoms. The molecule has 0 atom stereocenters. The third-order valence-electron chi connectivity index (χ3n) is 12.7. The molecule has 14 aromatic rings. The van der Waals surface area contributed by atoms with E-state index in [0.717, 1.165) is 60.8 Å². The van der Waals surface area contributed by atoms with Gasteiger partial charge in [0.25, 0.3) is 0 Å². The monoisotopic (exact) mass is 852 g/mol. The summed E-state index contributed by atoms with van der Waals surface area (Å²) in [6, 6.07) is 69.0. The van der Waals surface area contributed by atoms with E-state index in [9.17, 15) is 0 Å². The molecule has 5 nitrogen and oxygen atoms in total. The maximum atomic E-state index is 6.59. The van der Waals surface area contributed by atoms with E-state index < -0.39 is 0 Å². The van der Waals surface area contributed by atoms with Crippen LogP contribution < -0.4 is 0 Å². The molecule has 0 spiro atoms. The maximum Gasteiger partial charge on any atom is 0.164 e. The van der Waals surface area contributed by atoms with Gasteiger partial charge in [0.1, 0.15) is 11.2 Å². The van der Waals surface area contributed by atoms with Gasteiger partial charge in [-0.1, -0.05) is 109 Å². The molecular weight excluding hydrogens is 821 g/mol. The van der Waals surface area contributed by atoms with Crippen LogP contribution in [0.1, 0.15) is 0 Å². The Bertz CT molecular complexity index is 4160. The van der Waals surface area contributed by atoms with E-state index in [1.165, 1.54) is 56.8 Å². The van der Waals surface area contributed by atoms with Crippen molar-refractivity contribution in [2.75, 3.05) is 0 Å². The number of aromatic nitrogens is 4. The Labute approximate surface area is 373 Å². The maximum absolute atomic E-state index is 6.59. The van der Waals surface area contributed by atoms with Gasteiger partial charge in [-0.15, -0.1) is 22.7 Å². The molecule has 0 aliphatic heterocycles. The minimum atomic E-state index is 0.648. The standard InChI is InChI=1S/C57H32N4OS2/c1-2-11-33(12-3-1)55-58-56(36-23-28-51-44(30-36)41-15-6-9-19-50(41)63-51)60-57(59-55)42-16-10-20-53-54(42)45-29-34(22-27-52(45)64-53)35-21-25-40-43-32-37(24-26-48(43)62-49(40)31-35)61-46-17-7-4-13-38(46)39-14-5-8-18-47(39)61/h1-32H. The van der Waals surface area contributed by atoms with Crippen molar-refractivity contribution in [2.24, 2.45) is 0 Å². The summed E-state index contributed by atoms with van der Waals surface area (Å²) in [7, 11) is 0. The van der Waals surface area contributed by atoms with Crippen molar-refractivity contribution in [3.63, 3.8) is 0 Å². The van der Waals surface area contributed by atoms with Crippen molar-refractivity contribution in [2.45, 2.75) is 0 Å². The van der Waals surface area contributed by atoms with Crippen LogP contribution in [0.3, 0.4) is 0 Å². The van der Waals surface area contributed by atoms with E-state index in [4.69, 9.17) is 19.4 Å².